The van der Waals surface area contributed by atoms with Crippen molar-refractivity contribution in [3.8, 4) is 0 Å². The number of hydrogen-bond donors (Lipinski definition) is 1. The first-order valence-corrected chi connectivity index (χ1v) is 7.06. The molecule has 0 unspecified atom stereocenters. The van der Waals surface area contributed by atoms with Crippen LogP contribution >= 0.6 is 11.8 Å². The number of carboxylic acids is 1. The molecule has 5 nitrogen and oxygen atoms in total. The van der Waals surface area contributed by atoms with Gasteiger partial charge in [0.25, 0.3) is 5.91 Å². The van der Waals surface area contributed by atoms with Gasteiger partial charge in [0.15, 0.2) is 0 Å². The van der Waals surface area contributed by atoms with Gasteiger partial charge in [-0.1, -0.05) is 6.07 Å². The molecule has 100 valence electrons. The summed E-state index contributed by atoms with van der Waals surface area (Å²) >= 11 is 1.84. The third kappa shape index (κ3) is 3.82. The molecule has 1 saturated heterocycles. The predicted octanol–water partition coefficient (Wildman–Crippen LogP) is 1.37. The number of aromatic nitrogens is 1. The first kappa shape index (κ1) is 13.6. The second kappa shape index (κ2) is 6.38. The highest BCUT2D eigenvalue weighted by Gasteiger charge is 2.18. The lowest BCUT2D eigenvalue weighted by atomic mass is 10.2. The zero-order valence-corrected chi connectivity index (χ0v) is 11.1. The van der Waals surface area contributed by atoms with Crippen LogP contribution in [0.3, 0.4) is 0 Å². The molecule has 2 heterocycles. The summed E-state index contributed by atoms with van der Waals surface area (Å²) in [6, 6.07) is 3.32. The zero-order chi connectivity index (χ0) is 13.7. The molecular formula is C13H14N2O3S. The van der Waals surface area contributed by atoms with Gasteiger partial charge < -0.3 is 10.0 Å². The maximum Gasteiger partial charge on any atom is 0.328 e. The van der Waals surface area contributed by atoms with E-state index in [9.17, 15) is 9.59 Å². The third-order valence-corrected chi connectivity index (χ3v) is 3.66. The summed E-state index contributed by atoms with van der Waals surface area (Å²) in [6.45, 7) is 1.51. The van der Waals surface area contributed by atoms with Crippen LogP contribution in [0.1, 0.15) is 16.1 Å². The third-order valence-electron chi connectivity index (χ3n) is 2.72. The van der Waals surface area contributed by atoms with E-state index in [1.165, 1.54) is 12.3 Å². The summed E-state index contributed by atoms with van der Waals surface area (Å²) in [5.41, 5.74) is 1.06. The van der Waals surface area contributed by atoms with Crippen LogP contribution < -0.4 is 0 Å². The molecule has 0 atom stereocenters. The van der Waals surface area contributed by atoms with Crippen molar-refractivity contribution >= 4 is 29.7 Å². The minimum absolute atomic E-state index is 0.0611. The molecule has 1 fully saturated rings. The Bertz CT molecular complexity index is 493. The van der Waals surface area contributed by atoms with Crippen molar-refractivity contribution in [2.45, 2.75) is 0 Å². The summed E-state index contributed by atoms with van der Waals surface area (Å²) in [4.78, 5) is 28.4. The number of pyridine rings is 1. The van der Waals surface area contributed by atoms with E-state index in [0.717, 1.165) is 30.7 Å². The minimum atomic E-state index is -1.01. The Kier molecular flexibility index (Phi) is 4.57. The van der Waals surface area contributed by atoms with E-state index in [1.807, 2.05) is 11.8 Å². The molecule has 1 aliphatic rings. The minimum Gasteiger partial charge on any atom is -0.478 e. The number of aliphatic carboxylic acids is 1. The molecule has 0 radical (unpaired) electrons. The SMILES string of the molecule is O=C(O)C=Cc1ccc(C(=O)N2CCSCC2)nc1. The molecule has 1 aromatic heterocycles. The zero-order valence-electron chi connectivity index (χ0n) is 10.3. The largest absolute Gasteiger partial charge is 0.478 e. The number of rotatable bonds is 3. The lowest BCUT2D eigenvalue weighted by Gasteiger charge is -2.25. The van der Waals surface area contributed by atoms with Gasteiger partial charge in [-0.05, 0) is 17.7 Å². The molecule has 0 bridgehead atoms. The van der Waals surface area contributed by atoms with E-state index in [-0.39, 0.29) is 5.91 Å². The van der Waals surface area contributed by atoms with Crippen LogP contribution in [0.25, 0.3) is 6.08 Å². The molecule has 2 rings (SSSR count). The van der Waals surface area contributed by atoms with Gasteiger partial charge in [-0.2, -0.15) is 11.8 Å². The van der Waals surface area contributed by atoms with E-state index in [2.05, 4.69) is 4.98 Å². The highest BCUT2D eigenvalue weighted by molar-refractivity contribution is 7.99. The Morgan fingerprint density at radius 3 is 2.63 bits per heavy atom. The van der Waals surface area contributed by atoms with Crippen molar-refractivity contribution in [1.29, 1.82) is 0 Å². The van der Waals surface area contributed by atoms with Gasteiger partial charge in [0.2, 0.25) is 0 Å². The number of carbonyl (C=O) groups is 2. The van der Waals surface area contributed by atoms with E-state index in [1.54, 1.807) is 17.0 Å². The van der Waals surface area contributed by atoms with Gasteiger partial charge in [0.05, 0.1) is 0 Å². The van der Waals surface area contributed by atoms with Crippen LogP contribution in [0.4, 0.5) is 0 Å². The maximum absolute atomic E-state index is 12.1. The molecule has 6 heteroatoms. The Morgan fingerprint density at radius 2 is 2.05 bits per heavy atom. The molecule has 0 spiro atoms. The van der Waals surface area contributed by atoms with Crippen LogP contribution in [0.15, 0.2) is 24.4 Å². The first-order valence-electron chi connectivity index (χ1n) is 5.91. The molecular weight excluding hydrogens is 264 g/mol. The van der Waals surface area contributed by atoms with E-state index in [0.29, 0.717) is 11.3 Å². The summed E-state index contributed by atoms with van der Waals surface area (Å²) in [5.74, 6) is 0.858. The van der Waals surface area contributed by atoms with Crippen LogP contribution in [0, 0.1) is 0 Å². The molecule has 0 saturated carbocycles. The number of amides is 1. The van der Waals surface area contributed by atoms with Gasteiger partial charge in [-0.25, -0.2) is 4.79 Å². The fourth-order valence-corrected chi connectivity index (χ4v) is 2.63. The van der Waals surface area contributed by atoms with Crippen molar-refractivity contribution < 1.29 is 14.7 Å². The van der Waals surface area contributed by atoms with Crippen molar-refractivity contribution in [3.63, 3.8) is 0 Å². The van der Waals surface area contributed by atoms with Crippen LogP contribution in [0.2, 0.25) is 0 Å². The van der Waals surface area contributed by atoms with Crippen molar-refractivity contribution in [2.24, 2.45) is 0 Å². The second-order valence-corrected chi connectivity index (χ2v) is 5.28. The quantitative estimate of drug-likeness (QED) is 0.846. The van der Waals surface area contributed by atoms with Gasteiger partial charge in [-0.15, -0.1) is 0 Å². The fourth-order valence-electron chi connectivity index (χ4n) is 1.73. The highest BCUT2D eigenvalue weighted by Crippen LogP contribution is 2.12. The lowest BCUT2D eigenvalue weighted by Crippen LogP contribution is -2.38. The topological polar surface area (TPSA) is 70.5 Å². The molecule has 1 N–H and O–H groups in total. The van der Waals surface area contributed by atoms with Gasteiger partial charge in [-0.3, -0.25) is 9.78 Å². The summed E-state index contributed by atoms with van der Waals surface area (Å²) < 4.78 is 0. The summed E-state index contributed by atoms with van der Waals surface area (Å²) in [7, 11) is 0. The number of nitrogens with zero attached hydrogens (tertiary/aromatic N) is 2. The number of thioether (sulfide) groups is 1. The van der Waals surface area contributed by atoms with Crippen LogP contribution in [-0.4, -0.2) is 51.5 Å². The Hall–Kier alpha value is -1.82. The highest BCUT2D eigenvalue weighted by atomic mass is 32.2. The van der Waals surface area contributed by atoms with Crippen molar-refractivity contribution in [1.82, 2.24) is 9.88 Å². The second-order valence-electron chi connectivity index (χ2n) is 4.05. The van der Waals surface area contributed by atoms with Crippen LogP contribution in [-0.2, 0) is 4.79 Å². The summed E-state index contributed by atoms with van der Waals surface area (Å²) in [6.07, 6.45) is 3.99. The predicted molar refractivity (Wildman–Crippen MR) is 74.1 cm³/mol. The lowest BCUT2D eigenvalue weighted by molar-refractivity contribution is -0.131. The number of carboxylic acid groups (broad SMARTS) is 1. The van der Waals surface area contributed by atoms with E-state index < -0.39 is 5.97 Å². The van der Waals surface area contributed by atoms with Gasteiger partial charge >= 0.3 is 5.97 Å². The standard InChI is InChI=1S/C13H14N2O3S/c16-12(17)4-2-10-1-3-11(14-9-10)13(18)15-5-7-19-8-6-15/h1-4,9H,5-8H2,(H,16,17). The first-order chi connectivity index (χ1) is 9.16. The molecule has 1 aromatic rings. The average Bonchev–Trinajstić information content (AvgIpc) is 2.46. The number of hydrogen-bond acceptors (Lipinski definition) is 4. The van der Waals surface area contributed by atoms with Crippen molar-refractivity contribution in [3.05, 3.63) is 35.7 Å². The fraction of sp³-hybridized carbons (Fsp3) is 0.308. The van der Waals surface area contributed by atoms with Gasteiger partial charge in [0.1, 0.15) is 5.69 Å². The Balaban J connectivity index is 2.05. The monoisotopic (exact) mass is 278 g/mol. The number of carbonyl (C=O) groups excluding carboxylic acids is 1. The molecule has 0 aliphatic carbocycles. The average molecular weight is 278 g/mol. The summed E-state index contributed by atoms with van der Waals surface area (Å²) in [5, 5.41) is 8.52. The van der Waals surface area contributed by atoms with Crippen molar-refractivity contribution in [2.75, 3.05) is 24.6 Å². The molecule has 1 amide bonds. The maximum atomic E-state index is 12.1. The molecule has 0 aromatic carbocycles. The normalized spacial score (nSPS) is 15.7. The smallest absolute Gasteiger partial charge is 0.328 e. The van der Waals surface area contributed by atoms with E-state index in [4.69, 9.17) is 5.11 Å². The van der Waals surface area contributed by atoms with E-state index >= 15 is 0 Å². The Labute approximate surface area is 115 Å². The Morgan fingerprint density at radius 1 is 1.32 bits per heavy atom. The molecule has 19 heavy (non-hydrogen) atoms. The van der Waals surface area contributed by atoms with Gasteiger partial charge in [0, 0.05) is 36.9 Å². The van der Waals surface area contributed by atoms with Crippen LogP contribution in [0.5, 0.6) is 0 Å². The molecule has 1 aliphatic heterocycles.